The summed E-state index contributed by atoms with van der Waals surface area (Å²) in [5, 5.41) is 10.9. The predicted octanol–water partition coefficient (Wildman–Crippen LogP) is 2.37. The van der Waals surface area contributed by atoms with E-state index in [1.54, 1.807) is 23.1 Å². The number of nitro groups is 1. The maximum Gasteiger partial charge on any atom is 0.280 e. The van der Waals surface area contributed by atoms with Crippen LogP contribution in [0.5, 0.6) is 0 Å². The fraction of sp³-hybridized carbons (Fsp3) is 0.222. The number of rotatable bonds is 4. The lowest BCUT2D eigenvalue weighted by Gasteiger charge is -2.36. The number of anilines is 1. The van der Waals surface area contributed by atoms with Crippen LogP contribution >= 0.6 is 0 Å². The highest BCUT2D eigenvalue weighted by Crippen LogP contribution is 2.25. The van der Waals surface area contributed by atoms with E-state index in [2.05, 4.69) is 0 Å². The third-order valence-corrected chi connectivity index (χ3v) is 4.29. The summed E-state index contributed by atoms with van der Waals surface area (Å²) in [5.41, 5.74) is 1.27. The van der Waals surface area contributed by atoms with Crippen molar-refractivity contribution in [2.45, 2.75) is 0 Å². The predicted molar refractivity (Wildman–Crippen MR) is 93.0 cm³/mol. The van der Waals surface area contributed by atoms with E-state index in [-0.39, 0.29) is 17.2 Å². The van der Waals surface area contributed by atoms with Crippen LogP contribution in [0.1, 0.15) is 20.7 Å². The van der Waals surface area contributed by atoms with Gasteiger partial charge < -0.3 is 9.80 Å². The van der Waals surface area contributed by atoms with E-state index in [0.29, 0.717) is 38.0 Å². The zero-order chi connectivity index (χ0) is 17.8. The molecule has 25 heavy (non-hydrogen) atoms. The van der Waals surface area contributed by atoms with Gasteiger partial charge in [-0.05, 0) is 24.3 Å². The Kier molecular flexibility index (Phi) is 4.74. The highest BCUT2D eigenvalue weighted by molar-refractivity contribution is 5.94. The average molecular weight is 339 g/mol. The number of piperazine rings is 1. The number of hydrogen-bond acceptors (Lipinski definition) is 5. The van der Waals surface area contributed by atoms with Crippen LogP contribution in [0, 0.1) is 10.1 Å². The molecular formula is C18H17N3O4. The maximum atomic E-state index is 12.4. The van der Waals surface area contributed by atoms with E-state index in [4.69, 9.17) is 0 Å². The summed E-state index contributed by atoms with van der Waals surface area (Å²) in [7, 11) is 0. The smallest absolute Gasteiger partial charge is 0.280 e. The lowest BCUT2D eigenvalue weighted by atomic mass is 10.1. The monoisotopic (exact) mass is 339 g/mol. The Morgan fingerprint density at radius 2 is 1.72 bits per heavy atom. The Labute approximate surface area is 144 Å². The largest absolute Gasteiger partial charge is 0.368 e. The van der Waals surface area contributed by atoms with E-state index < -0.39 is 4.92 Å². The first-order chi connectivity index (χ1) is 12.1. The average Bonchev–Trinajstić information content (AvgIpc) is 2.67. The van der Waals surface area contributed by atoms with Crippen LogP contribution in [0.4, 0.5) is 11.4 Å². The van der Waals surface area contributed by atoms with Gasteiger partial charge >= 0.3 is 0 Å². The van der Waals surface area contributed by atoms with Gasteiger partial charge in [0.2, 0.25) is 0 Å². The number of carbonyl (C=O) groups excluding carboxylic acids is 2. The van der Waals surface area contributed by atoms with Crippen molar-refractivity contribution >= 4 is 23.6 Å². The van der Waals surface area contributed by atoms with Gasteiger partial charge in [-0.25, -0.2) is 0 Å². The summed E-state index contributed by atoms with van der Waals surface area (Å²) < 4.78 is 0. The molecule has 1 aliphatic heterocycles. The molecule has 0 aromatic heterocycles. The molecule has 0 N–H and O–H groups in total. The van der Waals surface area contributed by atoms with Gasteiger partial charge in [-0.1, -0.05) is 18.2 Å². The molecule has 3 rings (SSSR count). The molecule has 128 valence electrons. The van der Waals surface area contributed by atoms with Crippen LogP contribution in [0.25, 0.3) is 0 Å². The van der Waals surface area contributed by atoms with Crippen molar-refractivity contribution in [1.29, 1.82) is 0 Å². The van der Waals surface area contributed by atoms with E-state index in [0.717, 1.165) is 5.69 Å². The number of hydrogen-bond donors (Lipinski definition) is 0. The van der Waals surface area contributed by atoms with Crippen molar-refractivity contribution in [3.05, 3.63) is 69.8 Å². The minimum atomic E-state index is -0.565. The topological polar surface area (TPSA) is 83.8 Å². The van der Waals surface area contributed by atoms with Crippen LogP contribution in [-0.4, -0.2) is 48.2 Å². The minimum absolute atomic E-state index is 0.00229. The molecule has 1 heterocycles. The Morgan fingerprint density at radius 3 is 2.32 bits per heavy atom. The van der Waals surface area contributed by atoms with E-state index in [1.807, 2.05) is 23.1 Å². The first-order valence-corrected chi connectivity index (χ1v) is 7.93. The Bertz CT molecular complexity index is 799. The number of aldehydes is 1. The summed E-state index contributed by atoms with van der Waals surface area (Å²) in [6, 6.07) is 13.6. The SMILES string of the molecule is O=Cc1cc(N2CCN(C(=O)c3ccccc3)CC2)ccc1[N+](=O)[O-]. The lowest BCUT2D eigenvalue weighted by molar-refractivity contribution is -0.385. The fourth-order valence-corrected chi connectivity index (χ4v) is 2.93. The Hall–Kier alpha value is -3.22. The number of benzene rings is 2. The second kappa shape index (κ2) is 7.12. The Morgan fingerprint density at radius 1 is 1.04 bits per heavy atom. The molecule has 7 nitrogen and oxygen atoms in total. The lowest BCUT2D eigenvalue weighted by Crippen LogP contribution is -2.48. The van der Waals surface area contributed by atoms with Crippen LogP contribution in [-0.2, 0) is 0 Å². The van der Waals surface area contributed by atoms with Gasteiger partial charge in [0.15, 0.2) is 6.29 Å². The van der Waals surface area contributed by atoms with Crippen molar-refractivity contribution in [2.24, 2.45) is 0 Å². The number of carbonyl (C=O) groups is 2. The molecule has 2 aromatic carbocycles. The van der Waals surface area contributed by atoms with Crippen LogP contribution in [0.3, 0.4) is 0 Å². The second-order valence-electron chi connectivity index (χ2n) is 5.76. The minimum Gasteiger partial charge on any atom is -0.368 e. The molecule has 0 radical (unpaired) electrons. The standard InChI is InChI=1S/C18H17N3O4/c22-13-15-12-16(6-7-17(15)21(24)25)19-8-10-20(11-9-19)18(23)14-4-2-1-3-5-14/h1-7,12-13H,8-11H2. The second-order valence-corrected chi connectivity index (χ2v) is 5.76. The van der Waals surface area contributed by atoms with Gasteiger partial charge in [-0.3, -0.25) is 19.7 Å². The molecule has 0 aliphatic carbocycles. The summed E-state index contributed by atoms with van der Waals surface area (Å²) in [6.45, 7) is 2.33. The third kappa shape index (κ3) is 3.50. The first-order valence-electron chi connectivity index (χ1n) is 7.93. The molecule has 1 aliphatic rings. The zero-order valence-electron chi connectivity index (χ0n) is 13.5. The summed E-state index contributed by atoms with van der Waals surface area (Å²) in [4.78, 5) is 37.7. The first kappa shape index (κ1) is 16.6. The van der Waals surface area contributed by atoms with Gasteiger partial charge in [0.25, 0.3) is 11.6 Å². The van der Waals surface area contributed by atoms with Crippen molar-refractivity contribution in [2.75, 3.05) is 31.1 Å². The molecule has 0 spiro atoms. The molecule has 0 saturated carbocycles. The summed E-state index contributed by atoms with van der Waals surface area (Å²) >= 11 is 0. The van der Waals surface area contributed by atoms with Gasteiger partial charge in [-0.2, -0.15) is 0 Å². The van der Waals surface area contributed by atoms with Crippen molar-refractivity contribution < 1.29 is 14.5 Å². The zero-order valence-corrected chi connectivity index (χ0v) is 13.5. The van der Waals surface area contributed by atoms with Crippen molar-refractivity contribution in [1.82, 2.24) is 4.90 Å². The molecule has 7 heteroatoms. The summed E-state index contributed by atoms with van der Waals surface area (Å²) in [6.07, 6.45) is 0.497. The van der Waals surface area contributed by atoms with Gasteiger partial charge in [0.1, 0.15) is 0 Å². The number of nitrogens with zero attached hydrogens (tertiary/aromatic N) is 3. The van der Waals surface area contributed by atoms with Gasteiger partial charge in [0, 0.05) is 43.5 Å². The summed E-state index contributed by atoms with van der Waals surface area (Å²) in [5.74, 6) is -0.00229. The molecular weight excluding hydrogens is 322 g/mol. The van der Waals surface area contributed by atoms with E-state index in [9.17, 15) is 19.7 Å². The van der Waals surface area contributed by atoms with E-state index >= 15 is 0 Å². The van der Waals surface area contributed by atoms with Crippen LogP contribution in [0.2, 0.25) is 0 Å². The number of amides is 1. The molecule has 0 unspecified atom stereocenters. The highest BCUT2D eigenvalue weighted by Gasteiger charge is 2.23. The molecule has 1 saturated heterocycles. The maximum absolute atomic E-state index is 12.4. The normalized spacial score (nSPS) is 14.2. The Balaban J connectivity index is 1.69. The molecule has 2 aromatic rings. The van der Waals surface area contributed by atoms with Crippen molar-refractivity contribution in [3.8, 4) is 0 Å². The molecule has 1 amide bonds. The van der Waals surface area contributed by atoms with Gasteiger partial charge in [-0.15, -0.1) is 0 Å². The fourth-order valence-electron chi connectivity index (χ4n) is 2.93. The molecule has 0 atom stereocenters. The molecule has 0 bridgehead atoms. The molecule has 1 fully saturated rings. The van der Waals surface area contributed by atoms with E-state index in [1.165, 1.54) is 12.1 Å². The van der Waals surface area contributed by atoms with Crippen molar-refractivity contribution in [3.63, 3.8) is 0 Å². The van der Waals surface area contributed by atoms with Gasteiger partial charge in [0.05, 0.1) is 10.5 Å². The quantitative estimate of drug-likeness (QED) is 0.485. The van der Waals surface area contributed by atoms with Crippen LogP contribution in [0.15, 0.2) is 48.5 Å². The highest BCUT2D eigenvalue weighted by atomic mass is 16.6. The number of nitro benzene ring substituents is 1. The van der Waals surface area contributed by atoms with Crippen LogP contribution < -0.4 is 4.90 Å². The third-order valence-electron chi connectivity index (χ3n) is 4.29.